The summed E-state index contributed by atoms with van der Waals surface area (Å²) in [5.41, 5.74) is 0. The van der Waals surface area contributed by atoms with Crippen LogP contribution in [0.15, 0.2) is 0 Å². The third kappa shape index (κ3) is 4.18. The molecular formula is C13H20N2O2. The van der Waals surface area contributed by atoms with Crippen molar-refractivity contribution < 1.29 is 9.59 Å². The van der Waals surface area contributed by atoms with Gasteiger partial charge in [-0.15, -0.1) is 0 Å². The predicted octanol–water partition coefficient (Wildman–Crippen LogP) is 1.80. The third-order valence-electron chi connectivity index (χ3n) is 3.24. The highest BCUT2D eigenvalue weighted by molar-refractivity contribution is 5.83. The Hall–Kier alpha value is -1.37. The van der Waals surface area contributed by atoms with Gasteiger partial charge in [-0.25, -0.2) is 0 Å². The molecule has 1 fully saturated rings. The van der Waals surface area contributed by atoms with E-state index in [-0.39, 0.29) is 36.0 Å². The molecule has 0 aliphatic heterocycles. The van der Waals surface area contributed by atoms with Crippen molar-refractivity contribution in [3.8, 4) is 6.07 Å². The van der Waals surface area contributed by atoms with Gasteiger partial charge in [-0.05, 0) is 39.5 Å². The van der Waals surface area contributed by atoms with Crippen LogP contribution in [0, 0.1) is 23.2 Å². The van der Waals surface area contributed by atoms with Crippen LogP contribution in [0.1, 0.15) is 46.0 Å². The van der Waals surface area contributed by atoms with Gasteiger partial charge in [0.15, 0.2) is 0 Å². The molecular weight excluding hydrogens is 216 g/mol. The number of rotatable bonds is 4. The highest BCUT2D eigenvalue weighted by Crippen LogP contribution is 2.30. The molecule has 1 N–H and O–H groups in total. The molecule has 0 aromatic carbocycles. The van der Waals surface area contributed by atoms with E-state index in [1.807, 2.05) is 19.9 Å². The Morgan fingerprint density at radius 2 is 1.76 bits per heavy atom. The third-order valence-corrected chi connectivity index (χ3v) is 3.24. The summed E-state index contributed by atoms with van der Waals surface area (Å²) < 4.78 is 0. The zero-order chi connectivity index (χ0) is 12.8. The average Bonchev–Trinajstić information content (AvgIpc) is 2.28. The maximum absolute atomic E-state index is 11.8. The highest BCUT2D eigenvalue weighted by Gasteiger charge is 2.29. The molecule has 0 atom stereocenters. The van der Waals surface area contributed by atoms with E-state index in [2.05, 4.69) is 5.32 Å². The maximum Gasteiger partial charge on any atom is 0.223 e. The number of nitrogens with one attached hydrogen (secondary N) is 1. The highest BCUT2D eigenvalue weighted by atomic mass is 16.2. The van der Waals surface area contributed by atoms with Crippen molar-refractivity contribution >= 4 is 11.7 Å². The van der Waals surface area contributed by atoms with Gasteiger partial charge in [-0.2, -0.15) is 5.26 Å². The van der Waals surface area contributed by atoms with Crippen LogP contribution in [0.4, 0.5) is 0 Å². The van der Waals surface area contributed by atoms with Gasteiger partial charge in [0.1, 0.15) is 5.78 Å². The van der Waals surface area contributed by atoms with Gasteiger partial charge < -0.3 is 5.32 Å². The molecule has 0 bridgehead atoms. The number of ketones is 1. The summed E-state index contributed by atoms with van der Waals surface area (Å²) >= 11 is 0. The second-order valence-electron chi connectivity index (χ2n) is 5.01. The molecule has 17 heavy (non-hydrogen) atoms. The standard InChI is InChI=1S/C13H20N2O2/c1-9(2)15-13(17)11-5-3-10(4-6-11)12(16)7-8-14/h9-11H,3-7H2,1-2H3,(H,15,17)/t10-,11+. The molecule has 0 aromatic rings. The Bertz CT molecular complexity index is 323. The first-order chi connectivity index (χ1) is 8.04. The van der Waals surface area contributed by atoms with Gasteiger partial charge in [-0.3, -0.25) is 9.59 Å². The Morgan fingerprint density at radius 3 is 2.24 bits per heavy atom. The van der Waals surface area contributed by atoms with E-state index < -0.39 is 0 Å². The lowest BCUT2D eigenvalue weighted by atomic mass is 9.79. The number of nitrogens with zero attached hydrogens (tertiary/aromatic N) is 1. The first-order valence-corrected chi connectivity index (χ1v) is 6.24. The van der Waals surface area contributed by atoms with E-state index in [9.17, 15) is 9.59 Å². The van der Waals surface area contributed by atoms with Crippen LogP contribution < -0.4 is 5.32 Å². The topological polar surface area (TPSA) is 70.0 Å². The molecule has 0 unspecified atom stereocenters. The summed E-state index contributed by atoms with van der Waals surface area (Å²) in [7, 11) is 0. The molecule has 1 rings (SSSR count). The SMILES string of the molecule is CC(C)NC(=O)[C@H]1CC[C@@H](C(=O)CC#N)CC1. The van der Waals surface area contributed by atoms with Crippen molar-refractivity contribution in [2.45, 2.75) is 52.0 Å². The molecule has 0 heterocycles. The number of carbonyl (C=O) groups is 2. The van der Waals surface area contributed by atoms with Gasteiger partial charge in [0.05, 0.1) is 12.5 Å². The number of carbonyl (C=O) groups excluding carboxylic acids is 2. The lowest BCUT2D eigenvalue weighted by Gasteiger charge is -2.27. The molecule has 0 spiro atoms. The number of amides is 1. The second kappa shape index (κ2) is 6.39. The Labute approximate surface area is 102 Å². The first kappa shape index (κ1) is 13.7. The lowest BCUT2D eigenvalue weighted by Crippen LogP contribution is -2.37. The van der Waals surface area contributed by atoms with Gasteiger partial charge >= 0.3 is 0 Å². The van der Waals surface area contributed by atoms with Gasteiger partial charge in [0.2, 0.25) is 5.91 Å². The van der Waals surface area contributed by atoms with E-state index in [4.69, 9.17) is 5.26 Å². The molecule has 1 aliphatic rings. The monoisotopic (exact) mass is 236 g/mol. The van der Waals surface area contributed by atoms with Gasteiger partial charge in [0.25, 0.3) is 0 Å². The number of Topliss-reactive ketones (excluding diaryl/α,β-unsaturated/α-hetero) is 1. The number of hydrogen-bond acceptors (Lipinski definition) is 3. The first-order valence-electron chi connectivity index (χ1n) is 6.24. The lowest BCUT2D eigenvalue weighted by molar-refractivity contribution is -0.129. The molecule has 94 valence electrons. The summed E-state index contributed by atoms with van der Waals surface area (Å²) in [5.74, 6) is 0.183. The average molecular weight is 236 g/mol. The zero-order valence-corrected chi connectivity index (χ0v) is 10.5. The number of nitriles is 1. The molecule has 4 heteroatoms. The Balaban J connectivity index is 2.38. The van der Waals surface area contributed by atoms with Crippen LogP contribution in [0.25, 0.3) is 0 Å². The van der Waals surface area contributed by atoms with Crippen molar-refractivity contribution in [1.29, 1.82) is 5.26 Å². The van der Waals surface area contributed by atoms with Crippen LogP contribution in [0.2, 0.25) is 0 Å². The normalized spacial score (nSPS) is 24.1. The van der Waals surface area contributed by atoms with Crippen molar-refractivity contribution in [3.05, 3.63) is 0 Å². The minimum atomic E-state index is -0.00208. The van der Waals surface area contributed by atoms with E-state index in [1.165, 1.54) is 0 Å². The fourth-order valence-electron chi connectivity index (χ4n) is 2.30. The fraction of sp³-hybridized carbons (Fsp3) is 0.769. The quantitative estimate of drug-likeness (QED) is 0.809. The van der Waals surface area contributed by atoms with Crippen LogP contribution in [0.3, 0.4) is 0 Å². The van der Waals surface area contributed by atoms with Crippen molar-refractivity contribution in [2.24, 2.45) is 11.8 Å². The minimum absolute atomic E-state index is 0.00208. The summed E-state index contributed by atoms with van der Waals surface area (Å²) in [6.45, 7) is 3.89. The van der Waals surface area contributed by atoms with Gasteiger partial charge in [-0.1, -0.05) is 0 Å². The van der Waals surface area contributed by atoms with Crippen LogP contribution in [-0.2, 0) is 9.59 Å². The summed E-state index contributed by atoms with van der Waals surface area (Å²) in [6.07, 6.45) is 3.03. The molecule has 4 nitrogen and oxygen atoms in total. The second-order valence-corrected chi connectivity index (χ2v) is 5.01. The van der Waals surface area contributed by atoms with Crippen molar-refractivity contribution in [2.75, 3.05) is 0 Å². The fourth-order valence-corrected chi connectivity index (χ4v) is 2.30. The van der Waals surface area contributed by atoms with Crippen molar-refractivity contribution in [3.63, 3.8) is 0 Å². The Morgan fingerprint density at radius 1 is 1.24 bits per heavy atom. The van der Waals surface area contributed by atoms with Gasteiger partial charge in [0, 0.05) is 17.9 Å². The molecule has 1 aliphatic carbocycles. The van der Waals surface area contributed by atoms with E-state index in [0.717, 1.165) is 25.7 Å². The summed E-state index contributed by atoms with van der Waals surface area (Å²) in [6, 6.07) is 2.06. The van der Waals surface area contributed by atoms with Crippen LogP contribution in [0.5, 0.6) is 0 Å². The van der Waals surface area contributed by atoms with E-state index in [0.29, 0.717) is 0 Å². The van der Waals surface area contributed by atoms with Crippen molar-refractivity contribution in [1.82, 2.24) is 5.32 Å². The molecule has 1 saturated carbocycles. The van der Waals surface area contributed by atoms with E-state index in [1.54, 1.807) is 0 Å². The number of hydrogen-bond donors (Lipinski definition) is 1. The molecule has 1 amide bonds. The zero-order valence-electron chi connectivity index (χ0n) is 10.5. The molecule has 0 aromatic heterocycles. The summed E-state index contributed by atoms with van der Waals surface area (Å²) in [4.78, 5) is 23.3. The van der Waals surface area contributed by atoms with E-state index >= 15 is 0 Å². The largest absolute Gasteiger partial charge is 0.354 e. The minimum Gasteiger partial charge on any atom is -0.354 e. The molecule has 0 saturated heterocycles. The molecule has 0 radical (unpaired) electrons. The maximum atomic E-state index is 11.8. The smallest absolute Gasteiger partial charge is 0.223 e. The van der Waals surface area contributed by atoms with Crippen LogP contribution >= 0.6 is 0 Å². The Kier molecular flexibility index (Phi) is 5.14. The summed E-state index contributed by atoms with van der Waals surface area (Å²) in [5, 5.41) is 11.4. The van der Waals surface area contributed by atoms with Crippen LogP contribution in [-0.4, -0.2) is 17.7 Å². The predicted molar refractivity (Wildman–Crippen MR) is 64.0 cm³/mol.